The maximum absolute atomic E-state index is 12.7. The maximum atomic E-state index is 12.7. The zero-order chi connectivity index (χ0) is 18.9. The van der Waals surface area contributed by atoms with Gasteiger partial charge in [-0.1, -0.05) is 19.1 Å². The summed E-state index contributed by atoms with van der Waals surface area (Å²) in [5.74, 6) is -0.641. The average Bonchev–Trinajstić information content (AvgIpc) is 3.01. The van der Waals surface area contributed by atoms with E-state index in [9.17, 15) is 23.1 Å². The molecular formula is C18H24F3N3O2. The molecule has 4 unspecified atom stereocenters. The molecule has 0 spiro atoms. The molecule has 1 aromatic carbocycles. The minimum atomic E-state index is -4.34. The Bertz CT molecular complexity index is 636. The van der Waals surface area contributed by atoms with Crippen molar-refractivity contribution in [3.8, 4) is 0 Å². The van der Waals surface area contributed by atoms with Gasteiger partial charge in [-0.15, -0.1) is 0 Å². The number of carboxylic acids is 1. The van der Waals surface area contributed by atoms with E-state index in [1.54, 1.807) is 0 Å². The Labute approximate surface area is 150 Å². The van der Waals surface area contributed by atoms with Gasteiger partial charge < -0.3 is 10.0 Å². The minimum Gasteiger partial charge on any atom is -0.481 e. The molecule has 2 fully saturated rings. The Morgan fingerprint density at radius 1 is 1.27 bits per heavy atom. The summed E-state index contributed by atoms with van der Waals surface area (Å²) in [5, 5.41) is 9.31. The first-order valence-electron chi connectivity index (χ1n) is 8.84. The van der Waals surface area contributed by atoms with E-state index in [1.807, 2.05) is 0 Å². The summed E-state index contributed by atoms with van der Waals surface area (Å²) in [6.45, 7) is 4.82. The van der Waals surface area contributed by atoms with Crippen molar-refractivity contribution in [2.75, 3.05) is 26.2 Å². The van der Waals surface area contributed by atoms with Gasteiger partial charge in [-0.05, 0) is 30.0 Å². The molecule has 0 aromatic heterocycles. The van der Waals surface area contributed by atoms with Crippen molar-refractivity contribution in [3.05, 3.63) is 35.4 Å². The van der Waals surface area contributed by atoms with Crippen LogP contribution in [-0.4, -0.2) is 42.2 Å². The standard InChI is InChI=1S/C18H24F3N3O2/c1-11-6-13(17(25)26)9-24(8-11)10-14-7-22-23-16(14)12-2-4-15(5-3-12)18(19,20)21/h2-5,11,13-14,16,22-23H,6-10H2,1H3,(H,25,26). The summed E-state index contributed by atoms with van der Waals surface area (Å²) in [6.07, 6.45) is -3.65. The zero-order valence-electron chi connectivity index (χ0n) is 14.6. The average molecular weight is 371 g/mol. The third-order valence-electron chi connectivity index (χ3n) is 5.27. The van der Waals surface area contributed by atoms with Gasteiger partial charge in [0.25, 0.3) is 0 Å². The predicted molar refractivity (Wildman–Crippen MR) is 90.2 cm³/mol. The van der Waals surface area contributed by atoms with Crippen molar-refractivity contribution in [1.29, 1.82) is 0 Å². The molecule has 0 bridgehead atoms. The van der Waals surface area contributed by atoms with Crippen molar-refractivity contribution in [2.45, 2.75) is 25.6 Å². The van der Waals surface area contributed by atoms with E-state index in [2.05, 4.69) is 22.7 Å². The smallest absolute Gasteiger partial charge is 0.416 e. The number of halogens is 3. The van der Waals surface area contributed by atoms with Gasteiger partial charge in [-0.3, -0.25) is 10.2 Å². The number of nitrogens with zero attached hydrogens (tertiary/aromatic N) is 1. The molecule has 5 nitrogen and oxygen atoms in total. The van der Waals surface area contributed by atoms with E-state index >= 15 is 0 Å². The first-order valence-corrected chi connectivity index (χ1v) is 8.84. The Morgan fingerprint density at radius 2 is 1.96 bits per heavy atom. The first-order chi connectivity index (χ1) is 12.2. The highest BCUT2D eigenvalue weighted by atomic mass is 19.4. The summed E-state index contributed by atoms with van der Waals surface area (Å²) in [4.78, 5) is 13.5. The monoisotopic (exact) mass is 371 g/mol. The van der Waals surface area contributed by atoms with E-state index in [-0.39, 0.29) is 17.9 Å². The molecule has 26 heavy (non-hydrogen) atoms. The molecule has 2 aliphatic heterocycles. The SMILES string of the molecule is CC1CC(C(=O)O)CN(CC2CNNC2c2ccc(C(F)(F)F)cc2)C1. The van der Waals surface area contributed by atoms with E-state index in [1.165, 1.54) is 12.1 Å². The van der Waals surface area contributed by atoms with Crippen LogP contribution in [0.1, 0.15) is 30.5 Å². The number of benzene rings is 1. The second-order valence-electron chi connectivity index (χ2n) is 7.48. The Hall–Kier alpha value is -1.64. The zero-order valence-corrected chi connectivity index (χ0v) is 14.6. The number of hydrogen-bond acceptors (Lipinski definition) is 4. The molecule has 0 amide bonds. The molecule has 0 aliphatic carbocycles. The number of piperidine rings is 1. The fraction of sp³-hybridized carbons (Fsp3) is 0.611. The second kappa shape index (κ2) is 7.54. The van der Waals surface area contributed by atoms with E-state index < -0.39 is 17.7 Å². The van der Waals surface area contributed by atoms with Gasteiger partial charge in [0.15, 0.2) is 0 Å². The van der Waals surface area contributed by atoms with Gasteiger partial charge >= 0.3 is 12.1 Å². The van der Waals surface area contributed by atoms with Gasteiger partial charge in [0.1, 0.15) is 0 Å². The molecule has 3 rings (SSSR count). The highest BCUT2D eigenvalue weighted by molar-refractivity contribution is 5.70. The fourth-order valence-electron chi connectivity index (χ4n) is 4.06. The summed E-state index contributed by atoms with van der Waals surface area (Å²) < 4.78 is 38.2. The van der Waals surface area contributed by atoms with Crippen molar-refractivity contribution < 1.29 is 23.1 Å². The van der Waals surface area contributed by atoms with Crippen LogP contribution in [0.2, 0.25) is 0 Å². The van der Waals surface area contributed by atoms with Gasteiger partial charge in [0, 0.05) is 32.1 Å². The topological polar surface area (TPSA) is 64.6 Å². The number of alkyl halides is 3. The molecule has 1 aromatic rings. The van der Waals surface area contributed by atoms with Crippen LogP contribution in [0.4, 0.5) is 13.2 Å². The van der Waals surface area contributed by atoms with Crippen LogP contribution >= 0.6 is 0 Å². The highest BCUT2D eigenvalue weighted by Gasteiger charge is 2.35. The third kappa shape index (κ3) is 4.36. The van der Waals surface area contributed by atoms with Crippen LogP contribution in [-0.2, 0) is 11.0 Å². The minimum absolute atomic E-state index is 0.0993. The largest absolute Gasteiger partial charge is 0.481 e. The van der Waals surface area contributed by atoms with Crippen molar-refractivity contribution in [2.24, 2.45) is 17.8 Å². The lowest BCUT2D eigenvalue weighted by atomic mass is 9.88. The molecule has 8 heteroatoms. The highest BCUT2D eigenvalue weighted by Crippen LogP contribution is 2.32. The number of carbonyl (C=O) groups is 1. The molecule has 0 radical (unpaired) electrons. The number of hydrogen-bond donors (Lipinski definition) is 3. The summed E-state index contributed by atoms with van der Waals surface area (Å²) in [7, 11) is 0. The normalized spacial score (nSPS) is 30.5. The van der Waals surface area contributed by atoms with E-state index in [0.29, 0.717) is 32.0 Å². The lowest BCUT2D eigenvalue weighted by molar-refractivity contribution is -0.144. The molecule has 2 aliphatic rings. The van der Waals surface area contributed by atoms with E-state index in [0.717, 1.165) is 24.2 Å². The number of rotatable bonds is 4. The van der Waals surface area contributed by atoms with Crippen LogP contribution in [0.15, 0.2) is 24.3 Å². The van der Waals surface area contributed by atoms with Gasteiger partial charge in [-0.25, -0.2) is 5.43 Å². The van der Waals surface area contributed by atoms with Crippen LogP contribution in [0.3, 0.4) is 0 Å². The molecular weight excluding hydrogens is 347 g/mol. The van der Waals surface area contributed by atoms with Crippen LogP contribution in [0.5, 0.6) is 0 Å². The van der Waals surface area contributed by atoms with Crippen molar-refractivity contribution in [3.63, 3.8) is 0 Å². The molecule has 2 heterocycles. The number of likely N-dealkylation sites (tertiary alicyclic amines) is 1. The quantitative estimate of drug-likeness (QED) is 0.759. The van der Waals surface area contributed by atoms with E-state index in [4.69, 9.17) is 0 Å². The predicted octanol–water partition coefficient (Wildman–Crippen LogP) is 2.51. The third-order valence-corrected chi connectivity index (χ3v) is 5.27. The van der Waals surface area contributed by atoms with Crippen molar-refractivity contribution in [1.82, 2.24) is 15.8 Å². The Kier molecular flexibility index (Phi) is 5.55. The lowest BCUT2D eigenvalue weighted by Crippen LogP contribution is -2.45. The van der Waals surface area contributed by atoms with Gasteiger partial charge in [-0.2, -0.15) is 13.2 Å². The number of hydrazine groups is 1. The molecule has 3 N–H and O–H groups in total. The first kappa shape index (κ1) is 19.1. The molecule has 144 valence electrons. The Balaban J connectivity index is 1.67. The van der Waals surface area contributed by atoms with Gasteiger partial charge in [0.05, 0.1) is 17.5 Å². The number of nitrogens with one attached hydrogen (secondary N) is 2. The maximum Gasteiger partial charge on any atom is 0.416 e. The van der Waals surface area contributed by atoms with Crippen LogP contribution in [0, 0.1) is 17.8 Å². The summed E-state index contributed by atoms with van der Waals surface area (Å²) >= 11 is 0. The molecule has 4 atom stereocenters. The van der Waals surface area contributed by atoms with Crippen molar-refractivity contribution >= 4 is 5.97 Å². The van der Waals surface area contributed by atoms with Crippen LogP contribution in [0.25, 0.3) is 0 Å². The second-order valence-corrected chi connectivity index (χ2v) is 7.48. The Morgan fingerprint density at radius 3 is 2.58 bits per heavy atom. The molecule has 0 saturated carbocycles. The number of carboxylic acid groups (broad SMARTS) is 1. The summed E-state index contributed by atoms with van der Waals surface area (Å²) in [6, 6.07) is 5.14. The fourth-order valence-corrected chi connectivity index (χ4v) is 4.06. The lowest BCUT2D eigenvalue weighted by Gasteiger charge is -2.36. The number of aliphatic carboxylic acids is 1. The summed E-state index contributed by atoms with van der Waals surface area (Å²) in [5.41, 5.74) is 6.37. The molecule has 2 saturated heterocycles. The van der Waals surface area contributed by atoms with Gasteiger partial charge in [0.2, 0.25) is 0 Å². The van der Waals surface area contributed by atoms with Crippen LogP contribution < -0.4 is 10.9 Å².